The number of carbonyl (C=O) groups is 1. The first kappa shape index (κ1) is 15.8. The molecule has 0 bridgehead atoms. The van der Waals surface area contributed by atoms with E-state index in [1.807, 2.05) is 4.57 Å². The number of amides is 1. The summed E-state index contributed by atoms with van der Waals surface area (Å²) in [6.45, 7) is 0.0865. The quantitative estimate of drug-likeness (QED) is 0.926. The summed E-state index contributed by atoms with van der Waals surface area (Å²) < 4.78 is 40.1. The summed E-state index contributed by atoms with van der Waals surface area (Å²) in [6, 6.07) is 3.09. The molecule has 0 aliphatic heterocycles. The highest BCUT2D eigenvalue weighted by Gasteiger charge is 2.32. The maximum absolute atomic E-state index is 12.8. The van der Waals surface area contributed by atoms with Gasteiger partial charge in [0.2, 0.25) is 0 Å². The predicted octanol–water partition coefficient (Wildman–Crippen LogP) is 3.22. The molecular formula is C14H12ClF3N4O. The second-order valence-corrected chi connectivity index (χ2v) is 5.73. The molecule has 5 nitrogen and oxygen atoms in total. The fourth-order valence-electron chi connectivity index (χ4n) is 2.20. The highest BCUT2D eigenvalue weighted by atomic mass is 35.5. The summed E-state index contributed by atoms with van der Waals surface area (Å²) in [4.78, 5) is 12.1. The number of carbonyl (C=O) groups excluding carboxylic acids is 1. The van der Waals surface area contributed by atoms with Crippen LogP contribution in [-0.4, -0.2) is 20.7 Å². The van der Waals surface area contributed by atoms with E-state index in [4.69, 9.17) is 11.6 Å². The zero-order valence-electron chi connectivity index (χ0n) is 11.8. The van der Waals surface area contributed by atoms with Gasteiger partial charge in [0.1, 0.15) is 6.33 Å². The van der Waals surface area contributed by atoms with E-state index < -0.39 is 17.6 Å². The van der Waals surface area contributed by atoms with E-state index in [-0.39, 0.29) is 17.1 Å². The second-order valence-electron chi connectivity index (χ2n) is 5.29. The number of nitrogens with zero attached hydrogens (tertiary/aromatic N) is 3. The van der Waals surface area contributed by atoms with Gasteiger partial charge in [-0.25, -0.2) is 0 Å². The van der Waals surface area contributed by atoms with Gasteiger partial charge in [0, 0.05) is 16.6 Å². The Bertz CT molecular complexity index is 740. The minimum absolute atomic E-state index is 0.0865. The Balaban J connectivity index is 1.73. The van der Waals surface area contributed by atoms with Crippen molar-refractivity contribution in [2.45, 2.75) is 31.6 Å². The number of benzene rings is 1. The van der Waals surface area contributed by atoms with Crippen LogP contribution in [0, 0.1) is 0 Å². The molecule has 23 heavy (non-hydrogen) atoms. The molecule has 0 unspecified atom stereocenters. The van der Waals surface area contributed by atoms with E-state index in [0.29, 0.717) is 11.9 Å². The van der Waals surface area contributed by atoms with E-state index in [9.17, 15) is 18.0 Å². The average molecular weight is 345 g/mol. The maximum Gasteiger partial charge on any atom is 0.416 e. The molecule has 1 aliphatic rings. The molecule has 0 radical (unpaired) electrons. The minimum atomic E-state index is -4.56. The van der Waals surface area contributed by atoms with Crippen LogP contribution in [0.3, 0.4) is 0 Å². The van der Waals surface area contributed by atoms with Crippen LogP contribution in [-0.2, 0) is 12.7 Å². The predicted molar refractivity (Wildman–Crippen MR) is 75.9 cm³/mol. The molecular weight excluding hydrogens is 333 g/mol. The first-order chi connectivity index (χ1) is 10.8. The molecule has 1 aromatic heterocycles. The molecule has 1 saturated carbocycles. The SMILES string of the molecule is O=C(NCc1nncn1C1CC1)c1cc(Cl)cc(C(F)(F)F)c1. The first-order valence-corrected chi connectivity index (χ1v) is 7.27. The van der Waals surface area contributed by atoms with Crippen molar-refractivity contribution < 1.29 is 18.0 Å². The van der Waals surface area contributed by atoms with E-state index in [2.05, 4.69) is 15.5 Å². The number of alkyl halides is 3. The summed E-state index contributed by atoms with van der Waals surface area (Å²) in [6.07, 6.45) is -0.920. The number of aromatic nitrogens is 3. The Morgan fingerprint density at radius 2 is 2.09 bits per heavy atom. The highest BCUT2D eigenvalue weighted by molar-refractivity contribution is 6.31. The van der Waals surface area contributed by atoms with Crippen molar-refractivity contribution in [3.05, 3.63) is 46.5 Å². The van der Waals surface area contributed by atoms with Crippen molar-refractivity contribution in [1.29, 1.82) is 0 Å². The topological polar surface area (TPSA) is 59.8 Å². The molecule has 0 spiro atoms. The van der Waals surface area contributed by atoms with Crippen LogP contribution >= 0.6 is 11.6 Å². The summed E-state index contributed by atoms with van der Waals surface area (Å²) in [5.41, 5.74) is -1.11. The number of hydrogen-bond acceptors (Lipinski definition) is 3. The van der Waals surface area contributed by atoms with Crippen molar-refractivity contribution >= 4 is 17.5 Å². The number of nitrogens with one attached hydrogen (secondary N) is 1. The van der Waals surface area contributed by atoms with Crippen LogP contribution in [0.1, 0.15) is 40.6 Å². The molecule has 9 heteroatoms. The van der Waals surface area contributed by atoms with Gasteiger partial charge in [0.25, 0.3) is 5.91 Å². The number of hydrogen-bond donors (Lipinski definition) is 1. The van der Waals surface area contributed by atoms with Gasteiger partial charge in [-0.1, -0.05) is 11.6 Å². The zero-order chi connectivity index (χ0) is 16.6. The molecule has 1 aromatic carbocycles. The van der Waals surface area contributed by atoms with Crippen LogP contribution in [0.2, 0.25) is 5.02 Å². The van der Waals surface area contributed by atoms with Crippen molar-refractivity contribution in [1.82, 2.24) is 20.1 Å². The fourth-order valence-corrected chi connectivity index (χ4v) is 2.43. The maximum atomic E-state index is 12.8. The summed E-state index contributed by atoms with van der Waals surface area (Å²) in [5, 5.41) is 10.1. The Labute approximate surface area is 134 Å². The monoisotopic (exact) mass is 344 g/mol. The lowest BCUT2D eigenvalue weighted by molar-refractivity contribution is -0.137. The molecule has 1 fully saturated rings. The van der Waals surface area contributed by atoms with Gasteiger partial charge >= 0.3 is 6.18 Å². The van der Waals surface area contributed by atoms with Crippen molar-refractivity contribution in [2.24, 2.45) is 0 Å². The third-order valence-corrected chi connectivity index (χ3v) is 3.70. The first-order valence-electron chi connectivity index (χ1n) is 6.89. The average Bonchev–Trinajstić information content (AvgIpc) is 3.22. The van der Waals surface area contributed by atoms with Crippen LogP contribution in [0.25, 0.3) is 0 Å². The molecule has 1 heterocycles. The van der Waals surface area contributed by atoms with Gasteiger partial charge in [-0.2, -0.15) is 13.2 Å². The van der Waals surface area contributed by atoms with Crippen LogP contribution in [0.5, 0.6) is 0 Å². The molecule has 3 rings (SSSR count). The Kier molecular flexibility index (Phi) is 4.01. The van der Waals surface area contributed by atoms with Gasteiger partial charge in [-0.3, -0.25) is 4.79 Å². The molecule has 2 aromatic rings. The summed E-state index contributed by atoms with van der Waals surface area (Å²) in [7, 11) is 0. The van der Waals surface area contributed by atoms with Gasteiger partial charge in [0.15, 0.2) is 5.82 Å². The Morgan fingerprint density at radius 1 is 1.35 bits per heavy atom. The van der Waals surface area contributed by atoms with Gasteiger partial charge < -0.3 is 9.88 Å². The third-order valence-electron chi connectivity index (χ3n) is 3.48. The lowest BCUT2D eigenvalue weighted by atomic mass is 10.1. The highest BCUT2D eigenvalue weighted by Crippen LogP contribution is 2.35. The van der Waals surface area contributed by atoms with Crippen molar-refractivity contribution in [3.63, 3.8) is 0 Å². The van der Waals surface area contributed by atoms with E-state index in [0.717, 1.165) is 25.0 Å². The normalized spacial score (nSPS) is 14.8. The van der Waals surface area contributed by atoms with Crippen LogP contribution in [0.15, 0.2) is 24.5 Å². The Morgan fingerprint density at radius 3 is 2.74 bits per heavy atom. The lowest BCUT2D eigenvalue weighted by Gasteiger charge is -2.10. The molecule has 0 saturated heterocycles. The molecule has 0 atom stereocenters. The van der Waals surface area contributed by atoms with Gasteiger partial charge in [-0.15, -0.1) is 10.2 Å². The third kappa shape index (κ3) is 3.64. The largest absolute Gasteiger partial charge is 0.416 e. The molecule has 1 N–H and O–H groups in total. The van der Waals surface area contributed by atoms with Gasteiger partial charge in [-0.05, 0) is 31.0 Å². The fraction of sp³-hybridized carbons (Fsp3) is 0.357. The standard InChI is InChI=1S/C14H12ClF3N4O/c15-10-4-8(3-9(5-10)14(16,17)18)13(23)19-6-12-21-20-7-22(12)11-1-2-11/h3-5,7,11H,1-2,6H2,(H,19,23). The Hall–Kier alpha value is -2.09. The smallest absolute Gasteiger partial charge is 0.345 e. The zero-order valence-corrected chi connectivity index (χ0v) is 12.5. The molecule has 1 aliphatic carbocycles. The van der Waals surface area contributed by atoms with E-state index in [1.165, 1.54) is 6.07 Å². The minimum Gasteiger partial charge on any atom is -0.345 e. The van der Waals surface area contributed by atoms with Crippen molar-refractivity contribution in [2.75, 3.05) is 0 Å². The number of halogens is 4. The summed E-state index contributed by atoms with van der Waals surface area (Å²) in [5.74, 6) is -0.0812. The van der Waals surface area contributed by atoms with Crippen LogP contribution in [0.4, 0.5) is 13.2 Å². The number of rotatable bonds is 4. The van der Waals surface area contributed by atoms with E-state index >= 15 is 0 Å². The van der Waals surface area contributed by atoms with Gasteiger partial charge in [0.05, 0.1) is 12.1 Å². The van der Waals surface area contributed by atoms with Crippen LogP contribution < -0.4 is 5.32 Å². The summed E-state index contributed by atoms with van der Waals surface area (Å²) >= 11 is 5.67. The van der Waals surface area contributed by atoms with Crippen molar-refractivity contribution in [3.8, 4) is 0 Å². The lowest BCUT2D eigenvalue weighted by Crippen LogP contribution is -2.25. The van der Waals surface area contributed by atoms with E-state index in [1.54, 1.807) is 6.33 Å². The second kappa shape index (κ2) is 5.84. The molecule has 1 amide bonds. The molecule has 122 valence electrons.